The van der Waals surface area contributed by atoms with E-state index >= 15 is 0 Å². The minimum atomic E-state index is -0.0809. The van der Waals surface area contributed by atoms with Crippen LogP contribution in [0.4, 0.5) is 5.69 Å². The summed E-state index contributed by atoms with van der Waals surface area (Å²) in [6, 6.07) is 12.3. The van der Waals surface area contributed by atoms with E-state index in [2.05, 4.69) is 37.4 Å². The Morgan fingerprint density at radius 3 is 2.70 bits per heavy atom. The number of aryl methyl sites for hydroxylation is 1. The second kappa shape index (κ2) is 6.59. The predicted molar refractivity (Wildman–Crippen MR) is 96.2 cm³/mol. The van der Waals surface area contributed by atoms with Crippen molar-refractivity contribution >= 4 is 29.1 Å². The molecular formula is C19H20N2OS. The maximum atomic E-state index is 11.9. The molecule has 0 atom stereocenters. The van der Waals surface area contributed by atoms with Crippen LogP contribution in [0.25, 0.3) is 0 Å². The Morgan fingerprint density at radius 2 is 1.96 bits per heavy atom. The first-order chi connectivity index (χ1) is 11.1. The summed E-state index contributed by atoms with van der Waals surface area (Å²) in [5.74, 6) is -0.0809. The van der Waals surface area contributed by atoms with Gasteiger partial charge in [0.15, 0.2) is 0 Å². The highest BCUT2D eigenvalue weighted by Crippen LogP contribution is 2.41. The lowest BCUT2D eigenvalue weighted by molar-refractivity contribution is 0.0963. The molecule has 2 aromatic carbocycles. The van der Waals surface area contributed by atoms with Gasteiger partial charge < -0.3 is 5.32 Å². The number of fused-ring (bicyclic) bond motifs is 2. The van der Waals surface area contributed by atoms with E-state index < -0.39 is 0 Å². The molecule has 0 aliphatic carbocycles. The average molecular weight is 324 g/mol. The number of nitrogens with zero attached hydrogens (tertiary/aromatic N) is 1. The second-order valence-corrected chi connectivity index (χ2v) is 6.76. The number of aliphatic imine (C=N–C) groups is 1. The van der Waals surface area contributed by atoms with Gasteiger partial charge in [-0.05, 0) is 43.7 Å². The lowest BCUT2D eigenvalue weighted by Gasteiger charge is -2.09. The molecule has 0 fully saturated rings. The van der Waals surface area contributed by atoms with Gasteiger partial charge in [0, 0.05) is 33.7 Å². The Morgan fingerprint density at radius 1 is 1.17 bits per heavy atom. The van der Waals surface area contributed by atoms with E-state index in [-0.39, 0.29) is 5.91 Å². The minimum absolute atomic E-state index is 0.0809. The predicted octanol–water partition coefficient (Wildman–Crippen LogP) is 4.74. The Hall–Kier alpha value is -2.07. The monoisotopic (exact) mass is 324 g/mol. The van der Waals surface area contributed by atoms with Gasteiger partial charge in [-0.3, -0.25) is 9.79 Å². The molecule has 1 aliphatic heterocycles. The van der Waals surface area contributed by atoms with Crippen molar-refractivity contribution in [1.29, 1.82) is 0 Å². The van der Waals surface area contributed by atoms with Crippen molar-refractivity contribution in [1.82, 2.24) is 5.32 Å². The number of nitrogens with one attached hydrogen (secondary N) is 1. The summed E-state index contributed by atoms with van der Waals surface area (Å²) in [6.07, 6.45) is 1.97. The van der Waals surface area contributed by atoms with Crippen LogP contribution in [-0.2, 0) is 0 Å². The standard InChI is InChI=1S/C19H20N2OS/c1-4-5-15-14-10-12(2)6-8-17(14)23-18-9-7-13(19(22)20-3)11-16(18)21-15/h6-11H,4-5H2,1-3H3,(H,20,22). The maximum Gasteiger partial charge on any atom is 0.251 e. The van der Waals surface area contributed by atoms with E-state index in [1.54, 1.807) is 18.8 Å². The van der Waals surface area contributed by atoms with Crippen LogP contribution in [0.1, 0.15) is 41.3 Å². The van der Waals surface area contributed by atoms with Crippen molar-refractivity contribution in [3.8, 4) is 0 Å². The highest BCUT2D eigenvalue weighted by molar-refractivity contribution is 7.99. The van der Waals surface area contributed by atoms with Crippen LogP contribution in [0.2, 0.25) is 0 Å². The summed E-state index contributed by atoms with van der Waals surface area (Å²) < 4.78 is 0. The first-order valence-corrected chi connectivity index (χ1v) is 8.66. The van der Waals surface area contributed by atoms with Crippen molar-refractivity contribution in [2.45, 2.75) is 36.5 Å². The molecule has 3 nitrogen and oxygen atoms in total. The van der Waals surface area contributed by atoms with Crippen LogP contribution in [0.5, 0.6) is 0 Å². The molecule has 118 valence electrons. The summed E-state index contributed by atoms with van der Waals surface area (Å²) in [4.78, 5) is 19.1. The number of hydrogen-bond acceptors (Lipinski definition) is 3. The van der Waals surface area contributed by atoms with E-state index in [1.165, 1.54) is 16.0 Å². The quantitative estimate of drug-likeness (QED) is 0.886. The van der Waals surface area contributed by atoms with Crippen LogP contribution < -0.4 is 5.32 Å². The highest BCUT2D eigenvalue weighted by atomic mass is 32.2. The molecule has 3 rings (SSSR count). The molecule has 0 bridgehead atoms. The minimum Gasteiger partial charge on any atom is -0.355 e. The molecule has 1 heterocycles. The smallest absolute Gasteiger partial charge is 0.251 e. The van der Waals surface area contributed by atoms with Crippen molar-refractivity contribution in [2.75, 3.05) is 7.05 Å². The van der Waals surface area contributed by atoms with E-state index in [4.69, 9.17) is 4.99 Å². The first-order valence-electron chi connectivity index (χ1n) is 7.85. The molecule has 23 heavy (non-hydrogen) atoms. The van der Waals surface area contributed by atoms with Crippen LogP contribution in [0.15, 0.2) is 51.2 Å². The number of amides is 1. The Balaban J connectivity index is 2.15. The van der Waals surface area contributed by atoms with Gasteiger partial charge in [-0.1, -0.05) is 36.7 Å². The molecule has 0 spiro atoms. The van der Waals surface area contributed by atoms with Crippen molar-refractivity contribution in [2.24, 2.45) is 4.99 Å². The number of rotatable bonds is 3. The Labute approximate surface area is 141 Å². The molecule has 0 saturated heterocycles. The number of hydrogen-bond donors (Lipinski definition) is 1. The molecule has 0 unspecified atom stereocenters. The fourth-order valence-corrected chi connectivity index (χ4v) is 3.69. The molecule has 0 aromatic heterocycles. The van der Waals surface area contributed by atoms with Gasteiger partial charge in [-0.2, -0.15) is 0 Å². The topological polar surface area (TPSA) is 41.5 Å². The number of carbonyl (C=O) groups excluding carboxylic acids is 1. The second-order valence-electron chi connectivity index (χ2n) is 5.67. The van der Waals surface area contributed by atoms with Gasteiger partial charge in [-0.15, -0.1) is 0 Å². The third-order valence-corrected chi connectivity index (χ3v) is 5.00. The normalized spacial score (nSPS) is 12.7. The van der Waals surface area contributed by atoms with Gasteiger partial charge in [-0.25, -0.2) is 0 Å². The molecule has 4 heteroatoms. The molecule has 2 aromatic rings. The first kappa shape index (κ1) is 15.8. The summed E-state index contributed by atoms with van der Waals surface area (Å²) in [5, 5.41) is 2.67. The van der Waals surface area contributed by atoms with Crippen LogP contribution in [-0.4, -0.2) is 18.7 Å². The highest BCUT2D eigenvalue weighted by Gasteiger charge is 2.18. The molecule has 0 radical (unpaired) electrons. The van der Waals surface area contributed by atoms with Crippen molar-refractivity contribution < 1.29 is 4.79 Å². The summed E-state index contributed by atoms with van der Waals surface area (Å²) in [7, 11) is 1.65. The number of carbonyl (C=O) groups is 1. The van der Waals surface area contributed by atoms with Gasteiger partial charge >= 0.3 is 0 Å². The van der Waals surface area contributed by atoms with Crippen molar-refractivity contribution in [3.63, 3.8) is 0 Å². The lowest BCUT2D eigenvalue weighted by Crippen LogP contribution is -2.17. The summed E-state index contributed by atoms with van der Waals surface area (Å²) in [6.45, 7) is 4.27. The van der Waals surface area contributed by atoms with Gasteiger partial charge in [0.1, 0.15) is 0 Å². The fraction of sp³-hybridized carbons (Fsp3) is 0.263. The largest absolute Gasteiger partial charge is 0.355 e. The zero-order chi connectivity index (χ0) is 16.4. The molecular weight excluding hydrogens is 304 g/mol. The fourth-order valence-electron chi connectivity index (χ4n) is 2.69. The molecule has 1 aliphatic rings. The van der Waals surface area contributed by atoms with E-state index in [9.17, 15) is 4.79 Å². The van der Waals surface area contributed by atoms with Crippen LogP contribution in [0.3, 0.4) is 0 Å². The summed E-state index contributed by atoms with van der Waals surface area (Å²) in [5.41, 5.74) is 5.09. The van der Waals surface area contributed by atoms with Crippen LogP contribution in [0, 0.1) is 6.92 Å². The van der Waals surface area contributed by atoms with E-state index in [0.717, 1.165) is 29.1 Å². The summed E-state index contributed by atoms with van der Waals surface area (Å²) >= 11 is 1.72. The average Bonchev–Trinajstić information content (AvgIpc) is 2.70. The van der Waals surface area contributed by atoms with Gasteiger partial charge in [0.2, 0.25) is 0 Å². The Bertz CT molecular complexity index is 796. The Kier molecular flexibility index (Phi) is 4.53. The van der Waals surface area contributed by atoms with Crippen LogP contribution >= 0.6 is 11.8 Å². The third kappa shape index (κ3) is 3.17. The zero-order valence-corrected chi connectivity index (χ0v) is 14.5. The lowest BCUT2D eigenvalue weighted by atomic mass is 10.0. The maximum absolute atomic E-state index is 11.9. The molecule has 1 N–H and O–H groups in total. The molecule has 1 amide bonds. The SMILES string of the molecule is CCCC1=Nc2cc(C(=O)NC)ccc2Sc2ccc(C)cc21. The number of benzene rings is 2. The van der Waals surface area contributed by atoms with Gasteiger partial charge in [0.05, 0.1) is 5.69 Å². The zero-order valence-electron chi connectivity index (χ0n) is 13.6. The van der Waals surface area contributed by atoms with Gasteiger partial charge in [0.25, 0.3) is 5.91 Å². The van der Waals surface area contributed by atoms with E-state index in [0.29, 0.717) is 5.56 Å². The van der Waals surface area contributed by atoms with Crippen molar-refractivity contribution in [3.05, 3.63) is 53.1 Å². The van der Waals surface area contributed by atoms with E-state index in [1.807, 2.05) is 18.2 Å². The third-order valence-electron chi connectivity index (χ3n) is 3.86. The molecule has 0 saturated carbocycles.